The lowest BCUT2D eigenvalue weighted by molar-refractivity contribution is -0.124. The van der Waals surface area contributed by atoms with Crippen LogP contribution in [0.15, 0.2) is 49.1 Å². The summed E-state index contributed by atoms with van der Waals surface area (Å²) in [5.74, 6) is -3.86. The van der Waals surface area contributed by atoms with Crippen molar-refractivity contribution in [2.45, 2.75) is 18.6 Å². The number of hydrogen-bond donors (Lipinski definition) is 3. The number of rotatable bonds is 12. The van der Waals surface area contributed by atoms with Gasteiger partial charge in [-0.15, -0.1) is 6.58 Å². The van der Waals surface area contributed by atoms with Crippen LogP contribution in [-0.4, -0.2) is 48.8 Å². The van der Waals surface area contributed by atoms with Gasteiger partial charge in [-0.3, -0.25) is 9.59 Å². The van der Waals surface area contributed by atoms with Crippen molar-refractivity contribution in [2.75, 3.05) is 19.8 Å². The van der Waals surface area contributed by atoms with Gasteiger partial charge in [0.25, 0.3) is 11.8 Å². The Kier molecular flexibility index (Phi) is 10.0. The first kappa shape index (κ1) is 26.0. The van der Waals surface area contributed by atoms with E-state index in [2.05, 4.69) is 17.2 Å². The molecule has 0 heterocycles. The van der Waals surface area contributed by atoms with Gasteiger partial charge in [-0.05, 0) is 30.7 Å². The molecular weight excluding hydrogens is 465 g/mol. The third kappa shape index (κ3) is 9.03. The van der Waals surface area contributed by atoms with Crippen molar-refractivity contribution in [1.82, 2.24) is 10.6 Å². The largest absolute Gasteiger partial charge is 0.484 e. The highest BCUT2D eigenvalue weighted by atomic mass is 35.5. The smallest absolute Gasteiger partial charge is 0.258 e. The third-order valence-corrected chi connectivity index (χ3v) is 4.52. The number of aliphatic hydroxyl groups excluding tert-OH is 1. The van der Waals surface area contributed by atoms with Crippen LogP contribution in [-0.2, 0) is 9.59 Å². The highest BCUT2D eigenvalue weighted by Crippen LogP contribution is 2.20. The molecule has 0 radical (unpaired) electrons. The Hall–Kier alpha value is -3.24. The van der Waals surface area contributed by atoms with Crippen LogP contribution in [0, 0.1) is 17.5 Å². The van der Waals surface area contributed by atoms with Gasteiger partial charge in [-0.25, -0.2) is 13.2 Å². The summed E-state index contributed by atoms with van der Waals surface area (Å²) in [5.41, 5.74) is 0. The average Bonchev–Trinajstić information content (AvgIpc) is 2.78. The number of ether oxygens (including phenoxy) is 2. The second-order valence-corrected chi connectivity index (χ2v) is 7.24. The Morgan fingerprint density at radius 3 is 2.21 bits per heavy atom. The number of hydrogen-bond acceptors (Lipinski definition) is 5. The summed E-state index contributed by atoms with van der Waals surface area (Å²) in [6.07, 6.45) is 0.389. The molecule has 178 valence electrons. The Balaban J connectivity index is 1.69. The van der Waals surface area contributed by atoms with Gasteiger partial charge in [0.15, 0.2) is 24.8 Å². The number of amides is 2. The number of carbonyl (C=O) groups is 2. The maximum Gasteiger partial charge on any atom is 0.258 e. The van der Waals surface area contributed by atoms with Gasteiger partial charge in [0.05, 0.1) is 11.1 Å². The summed E-state index contributed by atoms with van der Waals surface area (Å²) in [4.78, 5) is 23.8. The SMILES string of the molecule is C=CC(C[C@H](O)CNC(=O)COc1ccc(Cl)c(F)c1)NC(=O)COc1ccc(F)c(F)c1. The lowest BCUT2D eigenvalue weighted by Crippen LogP contribution is -2.42. The molecule has 33 heavy (non-hydrogen) atoms. The molecule has 0 saturated carbocycles. The van der Waals surface area contributed by atoms with Crippen LogP contribution in [0.4, 0.5) is 13.2 Å². The van der Waals surface area contributed by atoms with Crippen LogP contribution >= 0.6 is 11.6 Å². The minimum absolute atomic E-state index is 0.0227. The lowest BCUT2D eigenvalue weighted by Gasteiger charge is -2.19. The zero-order chi connectivity index (χ0) is 24.4. The summed E-state index contributed by atoms with van der Waals surface area (Å²) >= 11 is 5.57. The second-order valence-electron chi connectivity index (χ2n) is 6.83. The van der Waals surface area contributed by atoms with E-state index in [-0.39, 0.29) is 29.5 Å². The van der Waals surface area contributed by atoms with Crippen LogP contribution in [0.5, 0.6) is 11.5 Å². The number of nitrogens with one attached hydrogen (secondary N) is 2. The lowest BCUT2D eigenvalue weighted by atomic mass is 10.1. The Bertz CT molecular complexity index is 992. The molecule has 0 aromatic heterocycles. The van der Waals surface area contributed by atoms with E-state index < -0.39 is 54.6 Å². The summed E-state index contributed by atoms with van der Waals surface area (Å²) in [6.45, 7) is 2.56. The predicted molar refractivity (Wildman–Crippen MR) is 115 cm³/mol. The van der Waals surface area contributed by atoms with Gasteiger partial charge in [0.2, 0.25) is 0 Å². The van der Waals surface area contributed by atoms with E-state index >= 15 is 0 Å². The van der Waals surface area contributed by atoms with Crippen molar-refractivity contribution < 1.29 is 37.3 Å². The quantitative estimate of drug-likeness (QED) is 0.401. The summed E-state index contributed by atoms with van der Waals surface area (Å²) in [5, 5.41) is 15.0. The maximum atomic E-state index is 13.3. The number of halogens is 4. The van der Waals surface area contributed by atoms with E-state index in [0.29, 0.717) is 0 Å². The molecule has 2 atom stereocenters. The molecule has 0 aliphatic carbocycles. The molecule has 3 N–H and O–H groups in total. The summed E-state index contributed by atoms with van der Waals surface area (Å²) in [7, 11) is 0. The van der Waals surface area contributed by atoms with E-state index in [4.69, 9.17) is 21.1 Å². The number of benzene rings is 2. The molecular formula is C22H22ClF3N2O5. The minimum Gasteiger partial charge on any atom is -0.484 e. The van der Waals surface area contributed by atoms with Gasteiger partial charge in [0, 0.05) is 24.7 Å². The molecule has 0 aliphatic heterocycles. The van der Waals surface area contributed by atoms with Crippen molar-refractivity contribution in [1.29, 1.82) is 0 Å². The fraction of sp³-hybridized carbons (Fsp3) is 0.273. The molecule has 0 bridgehead atoms. The third-order valence-electron chi connectivity index (χ3n) is 4.21. The van der Waals surface area contributed by atoms with E-state index in [1.165, 1.54) is 24.3 Å². The van der Waals surface area contributed by atoms with Crippen molar-refractivity contribution in [3.63, 3.8) is 0 Å². The van der Waals surface area contributed by atoms with Crippen LogP contribution < -0.4 is 20.1 Å². The van der Waals surface area contributed by atoms with Gasteiger partial charge < -0.3 is 25.2 Å². The molecule has 11 heteroatoms. The van der Waals surface area contributed by atoms with Crippen LogP contribution in [0.3, 0.4) is 0 Å². The predicted octanol–water partition coefficient (Wildman–Crippen LogP) is 2.75. The molecule has 0 fully saturated rings. The zero-order valence-electron chi connectivity index (χ0n) is 17.3. The van der Waals surface area contributed by atoms with Gasteiger partial charge in [-0.1, -0.05) is 17.7 Å². The summed E-state index contributed by atoms with van der Waals surface area (Å²) < 4.78 is 49.6. The monoisotopic (exact) mass is 486 g/mol. The molecule has 0 spiro atoms. The molecule has 2 aromatic carbocycles. The highest BCUT2D eigenvalue weighted by molar-refractivity contribution is 6.30. The fourth-order valence-corrected chi connectivity index (χ4v) is 2.67. The van der Waals surface area contributed by atoms with Gasteiger partial charge >= 0.3 is 0 Å². The van der Waals surface area contributed by atoms with Crippen LogP contribution in [0.2, 0.25) is 5.02 Å². The van der Waals surface area contributed by atoms with Crippen molar-refractivity contribution in [3.05, 3.63) is 71.5 Å². The topological polar surface area (TPSA) is 96.9 Å². The molecule has 1 unspecified atom stereocenters. The molecule has 2 rings (SSSR count). The standard InChI is InChI=1S/C22H22ClF3N2O5/c1-2-13(28-22(31)12-33-16-4-6-18(24)20(26)9-16)7-14(29)10-27-21(30)11-32-15-3-5-17(23)19(25)8-15/h2-6,8-9,13-14,29H,1,7,10-12H2,(H,27,30)(H,28,31)/t13?,14-/m0/s1. The van der Waals surface area contributed by atoms with E-state index in [0.717, 1.165) is 18.2 Å². The number of carbonyl (C=O) groups excluding carboxylic acids is 2. The molecule has 2 amide bonds. The Morgan fingerprint density at radius 2 is 1.61 bits per heavy atom. The van der Waals surface area contributed by atoms with Crippen molar-refractivity contribution >= 4 is 23.4 Å². The Labute approximate surface area is 193 Å². The first-order chi connectivity index (χ1) is 15.7. The van der Waals surface area contributed by atoms with Gasteiger partial charge in [-0.2, -0.15) is 0 Å². The number of aliphatic hydroxyl groups is 1. The maximum absolute atomic E-state index is 13.3. The van der Waals surface area contributed by atoms with Crippen molar-refractivity contribution in [3.8, 4) is 11.5 Å². The Morgan fingerprint density at radius 1 is 1.00 bits per heavy atom. The average molecular weight is 487 g/mol. The normalized spacial score (nSPS) is 12.4. The molecule has 2 aromatic rings. The van der Waals surface area contributed by atoms with E-state index in [1.54, 1.807) is 0 Å². The second kappa shape index (κ2) is 12.7. The zero-order valence-corrected chi connectivity index (χ0v) is 18.1. The van der Waals surface area contributed by atoms with Gasteiger partial charge in [0.1, 0.15) is 17.3 Å². The molecule has 0 aliphatic rings. The van der Waals surface area contributed by atoms with Crippen LogP contribution in [0.1, 0.15) is 6.42 Å². The van der Waals surface area contributed by atoms with E-state index in [1.807, 2.05) is 0 Å². The van der Waals surface area contributed by atoms with Crippen molar-refractivity contribution in [2.24, 2.45) is 0 Å². The van der Waals surface area contributed by atoms with E-state index in [9.17, 15) is 27.9 Å². The first-order valence-corrected chi connectivity index (χ1v) is 10.1. The molecule has 0 saturated heterocycles. The highest BCUT2D eigenvalue weighted by Gasteiger charge is 2.16. The fourth-order valence-electron chi connectivity index (χ4n) is 2.55. The minimum atomic E-state index is -1.10. The summed E-state index contributed by atoms with van der Waals surface area (Å²) in [6, 6.07) is 5.95. The first-order valence-electron chi connectivity index (χ1n) is 9.70. The van der Waals surface area contributed by atoms with Crippen LogP contribution in [0.25, 0.3) is 0 Å². The molecule has 7 nitrogen and oxygen atoms in total.